The molecule has 4 rings (SSSR count). The summed E-state index contributed by atoms with van der Waals surface area (Å²) in [6, 6.07) is 0. The van der Waals surface area contributed by atoms with Crippen molar-refractivity contribution in [2.45, 2.75) is 51.6 Å². The van der Waals surface area contributed by atoms with Gasteiger partial charge in [0.2, 0.25) is 0 Å². The van der Waals surface area contributed by atoms with Gasteiger partial charge in [0.1, 0.15) is 0 Å². The molecule has 92 valence electrons. The lowest BCUT2D eigenvalue weighted by atomic mass is 9.48. The van der Waals surface area contributed by atoms with E-state index in [1.54, 1.807) is 0 Å². The van der Waals surface area contributed by atoms with Gasteiger partial charge in [-0.25, -0.2) is 0 Å². The molecular weight excluding hydrogens is 198 g/mol. The lowest BCUT2D eigenvalue weighted by Crippen LogP contribution is -2.54. The average Bonchev–Trinajstić information content (AvgIpc) is 2.23. The second-order valence-corrected chi connectivity index (χ2v) is 6.46. The molecule has 4 aliphatic rings. The van der Waals surface area contributed by atoms with Crippen molar-refractivity contribution >= 4 is 0 Å². The highest BCUT2D eigenvalue weighted by atomic mass is 16.5. The highest BCUT2D eigenvalue weighted by molar-refractivity contribution is 5.04. The molecular formula is C14H25NO. The number of hydrogen-bond donors (Lipinski definition) is 1. The van der Waals surface area contributed by atoms with E-state index in [2.05, 4.69) is 6.92 Å². The van der Waals surface area contributed by atoms with E-state index in [1.165, 1.54) is 38.5 Å². The standard InChI is InChI=1S/C14H25NO/c1-2-16-13(9-15)14-6-10-3-11(7-14)5-12(4-10)8-14/h10-13H,2-9,15H2,1H3. The average molecular weight is 223 g/mol. The molecule has 1 unspecified atom stereocenters. The van der Waals surface area contributed by atoms with Gasteiger partial charge in [-0.15, -0.1) is 0 Å². The second kappa shape index (κ2) is 3.99. The fraction of sp³-hybridized carbons (Fsp3) is 1.00. The first kappa shape index (κ1) is 11.0. The van der Waals surface area contributed by atoms with Crippen LogP contribution >= 0.6 is 0 Å². The molecule has 4 fully saturated rings. The Morgan fingerprint density at radius 2 is 1.62 bits per heavy atom. The van der Waals surface area contributed by atoms with Crippen LogP contribution in [0.1, 0.15) is 45.4 Å². The van der Waals surface area contributed by atoms with Crippen LogP contribution in [0.25, 0.3) is 0 Å². The molecule has 0 amide bonds. The van der Waals surface area contributed by atoms with Crippen molar-refractivity contribution in [1.29, 1.82) is 0 Å². The van der Waals surface area contributed by atoms with Crippen molar-refractivity contribution in [1.82, 2.24) is 0 Å². The molecule has 0 aromatic carbocycles. The zero-order valence-electron chi connectivity index (χ0n) is 10.5. The predicted octanol–water partition coefficient (Wildman–Crippen LogP) is 2.57. The lowest BCUT2D eigenvalue weighted by Gasteiger charge is -2.59. The van der Waals surface area contributed by atoms with Crippen LogP contribution in [-0.4, -0.2) is 19.3 Å². The first-order chi connectivity index (χ1) is 7.75. The highest BCUT2D eigenvalue weighted by Gasteiger charge is 2.54. The van der Waals surface area contributed by atoms with Crippen LogP contribution in [0.4, 0.5) is 0 Å². The summed E-state index contributed by atoms with van der Waals surface area (Å²) in [5, 5.41) is 0. The fourth-order valence-electron chi connectivity index (χ4n) is 5.27. The van der Waals surface area contributed by atoms with Gasteiger partial charge in [0.15, 0.2) is 0 Å². The molecule has 2 heteroatoms. The zero-order chi connectivity index (χ0) is 11.2. The molecule has 0 radical (unpaired) electrons. The monoisotopic (exact) mass is 223 g/mol. The first-order valence-corrected chi connectivity index (χ1v) is 7.07. The van der Waals surface area contributed by atoms with Crippen molar-refractivity contribution in [2.24, 2.45) is 28.9 Å². The Balaban J connectivity index is 1.81. The molecule has 0 saturated heterocycles. The molecule has 2 nitrogen and oxygen atoms in total. The number of rotatable bonds is 4. The Morgan fingerprint density at radius 3 is 2.00 bits per heavy atom. The van der Waals surface area contributed by atoms with Gasteiger partial charge >= 0.3 is 0 Å². The maximum atomic E-state index is 5.96. The third-order valence-electron chi connectivity index (χ3n) is 5.35. The van der Waals surface area contributed by atoms with Crippen molar-refractivity contribution in [3.8, 4) is 0 Å². The Hall–Kier alpha value is -0.0800. The van der Waals surface area contributed by atoms with Gasteiger partial charge < -0.3 is 10.5 Å². The summed E-state index contributed by atoms with van der Waals surface area (Å²) >= 11 is 0. The van der Waals surface area contributed by atoms with Crippen molar-refractivity contribution in [3.63, 3.8) is 0 Å². The summed E-state index contributed by atoms with van der Waals surface area (Å²) < 4.78 is 5.95. The van der Waals surface area contributed by atoms with E-state index < -0.39 is 0 Å². The van der Waals surface area contributed by atoms with Crippen LogP contribution in [-0.2, 0) is 4.74 Å². The molecule has 1 atom stereocenters. The van der Waals surface area contributed by atoms with Gasteiger partial charge in [-0.3, -0.25) is 0 Å². The second-order valence-electron chi connectivity index (χ2n) is 6.46. The summed E-state index contributed by atoms with van der Waals surface area (Å²) in [5.74, 6) is 3.00. The molecule has 16 heavy (non-hydrogen) atoms. The minimum Gasteiger partial charge on any atom is -0.377 e. The van der Waals surface area contributed by atoms with Gasteiger partial charge in [-0.1, -0.05) is 0 Å². The van der Waals surface area contributed by atoms with E-state index in [4.69, 9.17) is 10.5 Å². The third-order valence-corrected chi connectivity index (χ3v) is 5.35. The minimum atomic E-state index is 0.339. The molecule has 4 aliphatic carbocycles. The Labute approximate surface area is 98.9 Å². The molecule has 2 N–H and O–H groups in total. The van der Waals surface area contributed by atoms with Crippen molar-refractivity contribution in [2.75, 3.05) is 13.2 Å². The summed E-state index contributed by atoms with van der Waals surface area (Å²) in [6.45, 7) is 3.65. The molecule has 0 heterocycles. The van der Waals surface area contributed by atoms with Crippen LogP contribution in [0.2, 0.25) is 0 Å². The highest BCUT2D eigenvalue weighted by Crippen LogP contribution is 2.61. The summed E-state index contributed by atoms with van der Waals surface area (Å²) in [4.78, 5) is 0. The molecule has 4 bridgehead atoms. The normalized spacial score (nSPS) is 47.2. The summed E-state index contributed by atoms with van der Waals surface area (Å²) in [7, 11) is 0. The van der Waals surface area contributed by atoms with E-state index in [9.17, 15) is 0 Å². The number of nitrogens with two attached hydrogens (primary N) is 1. The Kier molecular flexibility index (Phi) is 2.75. The summed E-state index contributed by atoms with van der Waals surface area (Å²) in [6.07, 6.45) is 9.06. The molecule has 0 spiro atoms. The molecule has 4 saturated carbocycles. The predicted molar refractivity (Wildman–Crippen MR) is 65.1 cm³/mol. The van der Waals surface area contributed by atoms with E-state index in [0.29, 0.717) is 11.5 Å². The summed E-state index contributed by atoms with van der Waals surface area (Å²) in [5.41, 5.74) is 6.43. The van der Waals surface area contributed by atoms with Crippen LogP contribution in [0, 0.1) is 23.2 Å². The van der Waals surface area contributed by atoms with Gasteiger partial charge in [-0.2, -0.15) is 0 Å². The largest absolute Gasteiger partial charge is 0.377 e. The first-order valence-electron chi connectivity index (χ1n) is 7.07. The topological polar surface area (TPSA) is 35.2 Å². The molecule has 0 aromatic rings. The Morgan fingerprint density at radius 1 is 1.12 bits per heavy atom. The maximum Gasteiger partial charge on any atom is 0.0753 e. The van der Waals surface area contributed by atoms with E-state index in [-0.39, 0.29) is 0 Å². The lowest BCUT2D eigenvalue weighted by molar-refractivity contribution is -0.136. The zero-order valence-corrected chi connectivity index (χ0v) is 10.5. The quantitative estimate of drug-likeness (QED) is 0.795. The minimum absolute atomic E-state index is 0.339. The van der Waals surface area contributed by atoms with Crippen LogP contribution in [0.15, 0.2) is 0 Å². The van der Waals surface area contributed by atoms with Crippen molar-refractivity contribution in [3.05, 3.63) is 0 Å². The van der Waals surface area contributed by atoms with Crippen LogP contribution in [0.3, 0.4) is 0 Å². The van der Waals surface area contributed by atoms with Crippen LogP contribution in [0.5, 0.6) is 0 Å². The molecule has 0 aromatic heterocycles. The molecule has 0 aliphatic heterocycles. The number of ether oxygens (including phenoxy) is 1. The fourth-order valence-corrected chi connectivity index (χ4v) is 5.27. The smallest absolute Gasteiger partial charge is 0.0753 e. The maximum absolute atomic E-state index is 5.96. The van der Waals surface area contributed by atoms with Gasteiger partial charge in [0.05, 0.1) is 6.10 Å². The number of hydrogen-bond acceptors (Lipinski definition) is 2. The Bertz CT molecular complexity index is 228. The third kappa shape index (κ3) is 1.62. The van der Waals surface area contributed by atoms with E-state index in [0.717, 1.165) is 30.9 Å². The van der Waals surface area contributed by atoms with Gasteiger partial charge in [0.25, 0.3) is 0 Å². The van der Waals surface area contributed by atoms with Gasteiger partial charge in [-0.05, 0) is 68.6 Å². The SMILES string of the molecule is CCOC(CN)C12CC3CC(CC(C3)C1)C2. The van der Waals surface area contributed by atoms with E-state index >= 15 is 0 Å². The van der Waals surface area contributed by atoms with Crippen molar-refractivity contribution < 1.29 is 4.74 Å². The van der Waals surface area contributed by atoms with Crippen LogP contribution < -0.4 is 5.73 Å². The van der Waals surface area contributed by atoms with Gasteiger partial charge in [0, 0.05) is 13.2 Å². The van der Waals surface area contributed by atoms with E-state index in [1.807, 2.05) is 0 Å².